The van der Waals surface area contributed by atoms with Crippen LogP contribution in [0.25, 0.3) is 6.08 Å². The van der Waals surface area contributed by atoms with Gasteiger partial charge < -0.3 is 9.47 Å². The molecule has 0 aromatic heterocycles. The summed E-state index contributed by atoms with van der Waals surface area (Å²) in [5.41, 5.74) is 1.05. The van der Waals surface area contributed by atoms with Crippen molar-refractivity contribution in [1.82, 2.24) is 4.31 Å². The van der Waals surface area contributed by atoms with Gasteiger partial charge in [0.15, 0.2) is 12.4 Å². The van der Waals surface area contributed by atoms with Crippen molar-refractivity contribution in [3.05, 3.63) is 65.7 Å². The number of carbonyl (C=O) groups excluding carboxylic acids is 2. The highest BCUT2D eigenvalue weighted by molar-refractivity contribution is 7.89. The number of ketones is 1. The van der Waals surface area contributed by atoms with Crippen LogP contribution >= 0.6 is 0 Å². The van der Waals surface area contributed by atoms with Crippen LogP contribution < -0.4 is 4.74 Å². The minimum atomic E-state index is -3.53. The van der Waals surface area contributed by atoms with Crippen molar-refractivity contribution >= 4 is 27.9 Å². The molecule has 0 radical (unpaired) electrons. The van der Waals surface area contributed by atoms with Gasteiger partial charge in [0, 0.05) is 24.7 Å². The first-order chi connectivity index (χ1) is 14.3. The van der Waals surface area contributed by atoms with Gasteiger partial charge in [-0.2, -0.15) is 4.31 Å². The zero-order chi connectivity index (χ0) is 22.1. The van der Waals surface area contributed by atoms with E-state index in [1.165, 1.54) is 35.7 Å². The van der Waals surface area contributed by atoms with Crippen molar-refractivity contribution < 1.29 is 27.5 Å². The van der Waals surface area contributed by atoms with Crippen LogP contribution in [0.15, 0.2) is 59.5 Å². The largest absolute Gasteiger partial charge is 0.497 e. The Kier molecular flexibility index (Phi) is 8.32. The lowest BCUT2D eigenvalue weighted by Crippen LogP contribution is -2.30. The molecule has 0 fully saturated rings. The summed E-state index contributed by atoms with van der Waals surface area (Å²) in [6.45, 7) is 3.96. The summed E-state index contributed by atoms with van der Waals surface area (Å²) >= 11 is 0. The number of hydrogen-bond donors (Lipinski definition) is 0. The second-order valence-corrected chi connectivity index (χ2v) is 8.19. The third kappa shape index (κ3) is 6.01. The highest BCUT2D eigenvalue weighted by Crippen LogP contribution is 2.17. The number of ether oxygens (including phenoxy) is 2. The van der Waals surface area contributed by atoms with E-state index in [2.05, 4.69) is 0 Å². The van der Waals surface area contributed by atoms with E-state index in [4.69, 9.17) is 9.47 Å². The number of Topliss-reactive ketones (excluding diaryl/α,β-unsaturated/α-hetero) is 1. The molecule has 7 nitrogen and oxygen atoms in total. The normalized spacial score (nSPS) is 11.6. The Labute approximate surface area is 177 Å². The molecule has 0 bridgehead atoms. The minimum Gasteiger partial charge on any atom is -0.497 e. The van der Waals surface area contributed by atoms with Crippen LogP contribution in [0.5, 0.6) is 5.75 Å². The number of nitrogens with zero attached hydrogens (tertiary/aromatic N) is 1. The van der Waals surface area contributed by atoms with E-state index < -0.39 is 16.0 Å². The van der Waals surface area contributed by atoms with Gasteiger partial charge in [-0.15, -0.1) is 0 Å². The number of hydrogen-bond acceptors (Lipinski definition) is 6. The Morgan fingerprint density at radius 3 is 2.10 bits per heavy atom. The number of carbonyl (C=O) groups is 2. The van der Waals surface area contributed by atoms with Crippen molar-refractivity contribution in [1.29, 1.82) is 0 Å². The average molecular weight is 432 g/mol. The smallest absolute Gasteiger partial charge is 0.331 e. The molecule has 0 saturated heterocycles. The van der Waals surface area contributed by atoms with Crippen LogP contribution in [0.1, 0.15) is 29.8 Å². The van der Waals surface area contributed by atoms with Gasteiger partial charge in [0.05, 0.1) is 12.0 Å². The van der Waals surface area contributed by atoms with Gasteiger partial charge in [0.2, 0.25) is 10.0 Å². The van der Waals surface area contributed by atoms with E-state index in [0.717, 1.165) is 0 Å². The molecule has 0 aliphatic heterocycles. The van der Waals surface area contributed by atoms with E-state index in [1.807, 2.05) is 0 Å². The molecule has 0 amide bonds. The lowest BCUT2D eigenvalue weighted by Gasteiger charge is -2.18. The van der Waals surface area contributed by atoms with E-state index in [0.29, 0.717) is 30.0 Å². The molecular formula is C22H25NO6S. The summed E-state index contributed by atoms with van der Waals surface area (Å²) in [5.74, 6) is -0.371. The Balaban J connectivity index is 1.93. The Morgan fingerprint density at radius 2 is 1.57 bits per heavy atom. The molecule has 0 spiro atoms. The Hall–Kier alpha value is -2.97. The minimum absolute atomic E-state index is 0.191. The molecule has 0 saturated carbocycles. The van der Waals surface area contributed by atoms with Crippen molar-refractivity contribution in [3.63, 3.8) is 0 Å². The molecule has 160 valence electrons. The van der Waals surface area contributed by atoms with E-state index >= 15 is 0 Å². The van der Waals surface area contributed by atoms with Crippen LogP contribution in [0.3, 0.4) is 0 Å². The lowest BCUT2D eigenvalue weighted by molar-refractivity contribution is -0.136. The van der Waals surface area contributed by atoms with Crippen molar-refractivity contribution in [2.75, 3.05) is 26.8 Å². The van der Waals surface area contributed by atoms with Crippen LogP contribution in [0.4, 0.5) is 0 Å². The molecule has 2 aromatic rings. The van der Waals surface area contributed by atoms with Crippen molar-refractivity contribution in [3.8, 4) is 5.75 Å². The zero-order valence-electron chi connectivity index (χ0n) is 17.2. The summed E-state index contributed by atoms with van der Waals surface area (Å²) < 4.78 is 36.3. The first-order valence-electron chi connectivity index (χ1n) is 9.44. The van der Waals surface area contributed by atoms with Gasteiger partial charge in [0.25, 0.3) is 0 Å². The first kappa shape index (κ1) is 23.3. The van der Waals surface area contributed by atoms with Gasteiger partial charge in [-0.1, -0.05) is 26.0 Å². The molecule has 2 rings (SSSR count). The predicted molar refractivity (Wildman–Crippen MR) is 114 cm³/mol. The highest BCUT2D eigenvalue weighted by Gasteiger charge is 2.20. The molecule has 0 aliphatic carbocycles. The van der Waals surface area contributed by atoms with Crippen LogP contribution in [0.2, 0.25) is 0 Å². The second-order valence-electron chi connectivity index (χ2n) is 6.25. The maximum atomic E-state index is 12.5. The highest BCUT2D eigenvalue weighted by atomic mass is 32.2. The fourth-order valence-corrected chi connectivity index (χ4v) is 4.13. The van der Waals surface area contributed by atoms with Gasteiger partial charge in [0.1, 0.15) is 5.75 Å². The molecule has 30 heavy (non-hydrogen) atoms. The van der Waals surface area contributed by atoms with Crippen molar-refractivity contribution in [2.45, 2.75) is 18.7 Å². The summed E-state index contributed by atoms with van der Waals surface area (Å²) in [5, 5.41) is 0. The summed E-state index contributed by atoms with van der Waals surface area (Å²) in [4.78, 5) is 24.1. The molecule has 0 N–H and O–H groups in total. The number of rotatable bonds is 10. The van der Waals surface area contributed by atoms with Gasteiger partial charge >= 0.3 is 5.97 Å². The second kappa shape index (κ2) is 10.7. The zero-order valence-corrected chi connectivity index (χ0v) is 18.0. The maximum absolute atomic E-state index is 12.5. The number of esters is 1. The molecule has 0 heterocycles. The standard InChI is InChI=1S/C22H25NO6S/c1-4-23(5-2)30(26,27)20-13-6-17(7-14-20)8-15-22(25)29-16-21(24)18-9-11-19(28-3)12-10-18/h6-15H,4-5,16H2,1-3H3. The monoisotopic (exact) mass is 431 g/mol. The Morgan fingerprint density at radius 1 is 0.967 bits per heavy atom. The lowest BCUT2D eigenvalue weighted by atomic mass is 10.1. The molecule has 0 atom stereocenters. The Bertz CT molecular complexity index is 991. The molecule has 8 heteroatoms. The first-order valence-corrected chi connectivity index (χ1v) is 10.9. The van der Waals surface area contributed by atoms with E-state index in [-0.39, 0.29) is 17.3 Å². The molecule has 0 unspecified atom stereocenters. The number of methoxy groups -OCH3 is 1. The molecule has 2 aromatic carbocycles. The summed E-state index contributed by atoms with van der Waals surface area (Å²) in [6, 6.07) is 12.7. The summed E-state index contributed by atoms with van der Waals surface area (Å²) in [6.07, 6.45) is 2.68. The summed E-state index contributed by atoms with van der Waals surface area (Å²) in [7, 11) is -2.00. The quantitative estimate of drug-likeness (QED) is 0.326. The molecular weight excluding hydrogens is 406 g/mol. The van der Waals surface area contributed by atoms with Gasteiger partial charge in [-0.05, 0) is 48.0 Å². The average Bonchev–Trinajstić information content (AvgIpc) is 2.77. The van der Waals surface area contributed by atoms with Crippen LogP contribution in [0, 0.1) is 0 Å². The SMILES string of the molecule is CCN(CC)S(=O)(=O)c1ccc(C=CC(=O)OCC(=O)c2ccc(OC)cc2)cc1. The van der Waals surface area contributed by atoms with Gasteiger partial charge in [-0.3, -0.25) is 4.79 Å². The predicted octanol–water partition coefficient (Wildman–Crippen LogP) is 3.17. The number of benzene rings is 2. The van der Waals surface area contributed by atoms with E-state index in [1.54, 1.807) is 50.2 Å². The van der Waals surface area contributed by atoms with E-state index in [9.17, 15) is 18.0 Å². The van der Waals surface area contributed by atoms with Crippen LogP contribution in [-0.4, -0.2) is 51.3 Å². The third-order valence-corrected chi connectivity index (χ3v) is 6.46. The number of sulfonamides is 1. The maximum Gasteiger partial charge on any atom is 0.331 e. The fraction of sp³-hybridized carbons (Fsp3) is 0.273. The third-order valence-electron chi connectivity index (χ3n) is 4.39. The fourth-order valence-electron chi connectivity index (χ4n) is 2.67. The van der Waals surface area contributed by atoms with Gasteiger partial charge in [-0.25, -0.2) is 13.2 Å². The molecule has 0 aliphatic rings. The topological polar surface area (TPSA) is 90.0 Å². The van der Waals surface area contributed by atoms with Crippen LogP contribution in [-0.2, 0) is 19.6 Å². The van der Waals surface area contributed by atoms with Crippen molar-refractivity contribution in [2.24, 2.45) is 0 Å².